The van der Waals surface area contributed by atoms with Gasteiger partial charge in [-0.2, -0.15) is 5.10 Å². The van der Waals surface area contributed by atoms with Crippen molar-refractivity contribution in [3.8, 4) is 5.88 Å². The Morgan fingerprint density at radius 1 is 0.864 bits per heavy atom. The van der Waals surface area contributed by atoms with Crippen LogP contribution in [0.5, 0.6) is 5.88 Å². The van der Waals surface area contributed by atoms with Crippen LogP contribution < -0.4 is 10.1 Å². The van der Waals surface area contributed by atoms with Crippen molar-refractivity contribution in [2.24, 2.45) is 11.8 Å². The van der Waals surface area contributed by atoms with Crippen molar-refractivity contribution in [3.63, 3.8) is 0 Å². The van der Waals surface area contributed by atoms with E-state index in [0.29, 0.717) is 55.3 Å². The molecule has 5 heterocycles. The fraction of sp³-hybridized carbons (Fsp3) is 0.500. The number of aromatic amines is 1. The van der Waals surface area contributed by atoms with E-state index in [2.05, 4.69) is 73.5 Å². The third kappa shape index (κ3) is 14.1. The van der Waals surface area contributed by atoms with E-state index in [1.807, 2.05) is 30.3 Å². The molecule has 1 unspecified atom stereocenters. The average molecular weight is 826 g/mol. The molecule has 4 aromatic rings. The van der Waals surface area contributed by atoms with E-state index in [9.17, 15) is 14.4 Å². The molecule has 7 rings (SSSR count). The standard InChI is InChI=1S/C28H35N7O3S.C16H24N2O2/c1-20-4-2-3-13-35(20)17-21-5-7-23(8-6-21)26(36)32-24-9-10-25(29-16-24)38-28(37)34-14-11-22(12-15-34)18-39-27-30-19-31-33-27;1-17(13-15-5-3-2-4-6-15)10-7-14-8-11-18(12-9-14)16(19)20/h5-10,16,19-20,22H,2-4,11-15,17-18H2,1H3,(H,32,36)(H,30,31,33);2-6,14H,7-13H2,1H3,(H,19,20). The molecule has 3 aliphatic heterocycles. The highest BCUT2D eigenvalue weighted by Crippen LogP contribution is 2.26. The zero-order chi connectivity index (χ0) is 41.4. The minimum absolute atomic E-state index is 0.205. The molecule has 2 aromatic heterocycles. The molecule has 14 nitrogen and oxygen atoms in total. The summed E-state index contributed by atoms with van der Waals surface area (Å²) in [6, 6.07) is 22.1. The second-order valence-corrected chi connectivity index (χ2v) is 17.0. The molecule has 316 valence electrons. The van der Waals surface area contributed by atoms with Gasteiger partial charge in [0, 0.05) is 62.7 Å². The second kappa shape index (κ2) is 22.4. The third-order valence-corrected chi connectivity index (χ3v) is 12.7. The van der Waals surface area contributed by atoms with Crippen molar-refractivity contribution in [3.05, 3.63) is 95.9 Å². The predicted molar refractivity (Wildman–Crippen MR) is 229 cm³/mol. The van der Waals surface area contributed by atoms with Gasteiger partial charge in [-0.15, -0.1) is 0 Å². The lowest BCUT2D eigenvalue weighted by Crippen LogP contribution is -2.40. The number of thioether (sulfide) groups is 1. The average Bonchev–Trinajstić information content (AvgIpc) is 3.79. The summed E-state index contributed by atoms with van der Waals surface area (Å²) in [4.78, 5) is 52.6. The predicted octanol–water partition coefficient (Wildman–Crippen LogP) is 7.73. The highest BCUT2D eigenvalue weighted by Gasteiger charge is 2.25. The lowest BCUT2D eigenvalue weighted by atomic mass is 9.93. The molecular formula is C44H59N9O5S. The van der Waals surface area contributed by atoms with E-state index in [0.717, 1.165) is 69.2 Å². The topological polar surface area (TPSA) is 160 Å². The van der Waals surface area contributed by atoms with Gasteiger partial charge in [0.05, 0.1) is 11.9 Å². The normalized spacial score (nSPS) is 17.9. The molecule has 59 heavy (non-hydrogen) atoms. The van der Waals surface area contributed by atoms with Gasteiger partial charge in [0.25, 0.3) is 5.91 Å². The lowest BCUT2D eigenvalue weighted by molar-refractivity contribution is 0.102. The van der Waals surface area contributed by atoms with Crippen LogP contribution in [0.4, 0.5) is 15.3 Å². The van der Waals surface area contributed by atoms with Crippen LogP contribution in [-0.4, -0.2) is 121 Å². The number of carbonyl (C=O) groups is 3. The molecule has 3 amide bonds. The Hall–Kier alpha value is -4.99. The summed E-state index contributed by atoms with van der Waals surface area (Å²) in [5.74, 6) is 2.12. The highest BCUT2D eigenvalue weighted by molar-refractivity contribution is 7.99. The first-order valence-electron chi connectivity index (χ1n) is 20.9. The first-order chi connectivity index (χ1) is 28.7. The van der Waals surface area contributed by atoms with E-state index >= 15 is 0 Å². The summed E-state index contributed by atoms with van der Waals surface area (Å²) in [5, 5.41) is 19.3. The molecular weight excluding hydrogens is 767 g/mol. The number of benzene rings is 2. The smallest absolute Gasteiger partial charge is 0.416 e. The van der Waals surface area contributed by atoms with E-state index in [1.165, 1.54) is 47.8 Å². The van der Waals surface area contributed by atoms with Crippen LogP contribution in [-0.2, 0) is 13.1 Å². The number of carbonyl (C=O) groups excluding carboxylic acids is 2. The number of amides is 3. The van der Waals surface area contributed by atoms with Crippen LogP contribution in [0, 0.1) is 11.8 Å². The Morgan fingerprint density at radius 3 is 2.25 bits per heavy atom. The van der Waals surface area contributed by atoms with Gasteiger partial charge in [-0.1, -0.05) is 60.6 Å². The SMILES string of the molecule is CC1CCCCN1Cc1ccc(C(=O)Nc2ccc(OC(=O)N3CCC(CSc4ncn[nH]4)CC3)nc2)cc1.CN(CCC1CCN(C(=O)O)CC1)Cc1ccccc1. The van der Waals surface area contributed by atoms with Gasteiger partial charge in [-0.25, -0.2) is 19.6 Å². The molecule has 0 spiro atoms. The molecule has 0 radical (unpaired) electrons. The minimum atomic E-state index is -0.773. The fourth-order valence-electron chi connectivity index (χ4n) is 7.79. The van der Waals surface area contributed by atoms with Gasteiger partial charge in [0.1, 0.15) is 6.33 Å². The summed E-state index contributed by atoms with van der Waals surface area (Å²) in [5.41, 5.74) is 3.68. The number of nitrogens with zero attached hydrogens (tertiary/aromatic N) is 7. The van der Waals surface area contributed by atoms with Crippen LogP contribution in [0.1, 0.15) is 79.8 Å². The molecule has 3 fully saturated rings. The number of H-pyrrole nitrogens is 1. The zero-order valence-electron chi connectivity index (χ0n) is 34.4. The fourth-order valence-corrected chi connectivity index (χ4v) is 8.76. The van der Waals surface area contributed by atoms with Gasteiger partial charge in [-0.3, -0.25) is 14.8 Å². The molecule has 3 saturated heterocycles. The third-order valence-electron chi connectivity index (χ3n) is 11.5. The number of rotatable bonds is 13. The molecule has 15 heteroatoms. The Kier molecular flexibility index (Phi) is 16.5. The number of pyridine rings is 1. The number of likely N-dealkylation sites (tertiary alicyclic amines) is 3. The molecule has 3 aliphatic rings. The summed E-state index contributed by atoms with van der Waals surface area (Å²) < 4.78 is 5.47. The van der Waals surface area contributed by atoms with Crippen molar-refractivity contribution in [2.45, 2.75) is 82.6 Å². The summed E-state index contributed by atoms with van der Waals surface area (Å²) in [6.45, 7) is 9.06. The summed E-state index contributed by atoms with van der Waals surface area (Å²) >= 11 is 1.65. The molecule has 0 aliphatic carbocycles. The Balaban J connectivity index is 0.000000246. The van der Waals surface area contributed by atoms with Gasteiger partial charge in [0.2, 0.25) is 5.88 Å². The van der Waals surface area contributed by atoms with Crippen LogP contribution in [0.2, 0.25) is 0 Å². The Labute approximate surface area is 352 Å². The van der Waals surface area contributed by atoms with E-state index in [1.54, 1.807) is 28.8 Å². The summed E-state index contributed by atoms with van der Waals surface area (Å²) in [7, 11) is 2.15. The van der Waals surface area contributed by atoms with Crippen LogP contribution in [0.15, 0.2) is 84.4 Å². The van der Waals surface area contributed by atoms with Gasteiger partial charge in [0.15, 0.2) is 5.16 Å². The number of nitrogens with one attached hydrogen (secondary N) is 2. The zero-order valence-corrected chi connectivity index (χ0v) is 35.2. The number of anilines is 1. The van der Waals surface area contributed by atoms with Crippen molar-refractivity contribution in [2.75, 3.05) is 57.4 Å². The first-order valence-corrected chi connectivity index (χ1v) is 21.9. The van der Waals surface area contributed by atoms with E-state index in [-0.39, 0.29) is 11.8 Å². The van der Waals surface area contributed by atoms with Crippen molar-refractivity contribution in [1.82, 2.24) is 39.8 Å². The quantitative estimate of drug-likeness (QED) is 0.113. The maximum absolute atomic E-state index is 12.7. The lowest BCUT2D eigenvalue weighted by Gasteiger charge is -2.33. The van der Waals surface area contributed by atoms with Crippen molar-refractivity contribution < 1.29 is 24.2 Å². The number of ether oxygens (including phenoxy) is 1. The van der Waals surface area contributed by atoms with Crippen LogP contribution in [0.25, 0.3) is 0 Å². The van der Waals surface area contributed by atoms with Gasteiger partial charge < -0.3 is 29.9 Å². The number of piperidine rings is 3. The maximum atomic E-state index is 12.7. The second-order valence-electron chi connectivity index (χ2n) is 16.0. The minimum Gasteiger partial charge on any atom is -0.465 e. The number of aromatic nitrogens is 4. The van der Waals surface area contributed by atoms with E-state index < -0.39 is 12.2 Å². The van der Waals surface area contributed by atoms with Crippen molar-refractivity contribution >= 4 is 35.5 Å². The van der Waals surface area contributed by atoms with Crippen molar-refractivity contribution in [1.29, 1.82) is 0 Å². The number of carboxylic acid groups (broad SMARTS) is 1. The molecule has 0 bridgehead atoms. The number of hydrogen-bond donors (Lipinski definition) is 3. The van der Waals surface area contributed by atoms with Crippen LogP contribution in [0.3, 0.4) is 0 Å². The van der Waals surface area contributed by atoms with E-state index in [4.69, 9.17) is 9.84 Å². The number of hydrogen-bond acceptors (Lipinski definition) is 10. The van der Waals surface area contributed by atoms with Gasteiger partial charge in [-0.05, 0) is 113 Å². The Morgan fingerprint density at radius 2 is 1.59 bits per heavy atom. The summed E-state index contributed by atoms with van der Waals surface area (Å²) in [6.07, 6.45) is 10.6. The largest absolute Gasteiger partial charge is 0.465 e. The van der Waals surface area contributed by atoms with Crippen LogP contribution >= 0.6 is 11.8 Å². The maximum Gasteiger partial charge on any atom is 0.416 e. The first kappa shape index (κ1) is 43.6. The highest BCUT2D eigenvalue weighted by atomic mass is 32.2. The Bertz CT molecular complexity index is 1870. The molecule has 3 N–H and O–H groups in total. The molecule has 2 aromatic carbocycles. The monoisotopic (exact) mass is 825 g/mol. The molecule has 0 saturated carbocycles. The molecule has 1 atom stereocenters. The van der Waals surface area contributed by atoms with Gasteiger partial charge >= 0.3 is 12.2 Å².